The largest absolute Gasteiger partial charge is 0.311 e. The van der Waals surface area contributed by atoms with Gasteiger partial charge in [0.1, 0.15) is 15.7 Å². The van der Waals surface area contributed by atoms with E-state index in [-0.39, 0.29) is 18.1 Å². The molecule has 88 valence electrons. The minimum absolute atomic E-state index is 0.0472. The van der Waals surface area contributed by atoms with E-state index in [1.165, 1.54) is 0 Å². The van der Waals surface area contributed by atoms with Gasteiger partial charge in [-0.15, -0.1) is 0 Å². The molecule has 0 aliphatic carbocycles. The number of pyridine rings is 1. The first kappa shape index (κ1) is 12.6. The first-order chi connectivity index (χ1) is 7.37. The van der Waals surface area contributed by atoms with Crippen LogP contribution in [0.2, 0.25) is 0 Å². The van der Waals surface area contributed by atoms with Gasteiger partial charge in [0.2, 0.25) is 5.91 Å². The van der Waals surface area contributed by atoms with Gasteiger partial charge in [-0.05, 0) is 18.6 Å². The molecule has 0 aromatic carbocycles. The molecule has 0 unspecified atom stereocenters. The maximum atomic E-state index is 11.3. The van der Waals surface area contributed by atoms with Gasteiger partial charge in [-0.3, -0.25) is 4.79 Å². The summed E-state index contributed by atoms with van der Waals surface area (Å²) in [5.41, 5.74) is 0.995. The van der Waals surface area contributed by atoms with Crippen molar-refractivity contribution in [3.8, 4) is 0 Å². The molecule has 0 saturated carbocycles. The van der Waals surface area contributed by atoms with E-state index in [1.807, 2.05) is 13.0 Å². The quantitative estimate of drug-likeness (QED) is 0.845. The number of hydrogen-bond acceptors (Lipinski definition) is 4. The van der Waals surface area contributed by atoms with Crippen LogP contribution in [0.3, 0.4) is 0 Å². The molecule has 5 nitrogen and oxygen atoms in total. The first-order valence-corrected chi connectivity index (χ1v) is 6.83. The molecule has 0 fully saturated rings. The molecule has 6 heteroatoms. The average molecular weight is 242 g/mol. The Morgan fingerprint density at radius 3 is 2.62 bits per heavy atom. The number of carbonyl (C=O) groups is 1. The average Bonchev–Trinajstić information content (AvgIpc) is 2.18. The summed E-state index contributed by atoms with van der Waals surface area (Å²) in [6, 6.07) is 3.49. The molecule has 1 heterocycles. The Hall–Kier alpha value is -1.43. The van der Waals surface area contributed by atoms with Gasteiger partial charge in [-0.25, -0.2) is 13.4 Å². The fraction of sp³-hybridized carbons (Fsp3) is 0.400. The molecule has 0 aliphatic heterocycles. The lowest BCUT2D eigenvalue weighted by atomic mass is 10.3. The van der Waals surface area contributed by atoms with Gasteiger partial charge < -0.3 is 5.32 Å². The number of anilines is 1. The molecule has 1 rings (SSSR count). The Bertz CT molecular complexity index is 465. The van der Waals surface area contributed by atoms with Crippen molar-refractivity contribution >= 4 is 21.6 Å². The standard InChI is InChI=1S/C10H14N2O3S/c1-8-3-4-9(11-7-8)12-10(13)5-6-16(2,14)15/h3-4,7H,5-6H2,1-2H3,(H,11,12,13). The fourth-order valence-electron chi connectivity index (χ4n) is 1.03. The normalized spacial score (nSPS) is 11.1. The SMILES string of the molecule is Cc1ccc(NC(=O)CCS(C)(=O)=O)nc1. The Balaban J connectivity index is 2.49. The van der Waals surface area contributed by atoms with E-state index in [0.717, 1.165) is 11.8 Å². The van der Waals surface area contributed by atoms with Crippen LogP contribution in [-0.2, 0) is 14.6 Å². The molecule has 1 aromatic rings. The van der Waals surface area contributed by atoms with Crippen molar-refractivity contribution in [3.63, 3.8) is 0 Å². The van der Waals surface area contributed by atoms with Crippen LogP contribution in [0.15, 0.2) is 18.3 Å². The van der Waals surface area contributed by atoms with Crippen molar-refractivity contribution in [1.82, 2.24) is 4.98 Å². The highest BCUT2D eigenvalue weighted by molar-refractivity contribution is 7.90. The minimum Gasteiger partial charge on any atom is -0.311 e. The van der Waals surface area contributed by atoms with E-state index in [9.17, 15) is 13.2 Å². The van der Waals surface area contributed by atoms with Gasteiger partial charge in [0.25, 0.3) is 0 Å². The number of hydrogen-bond donors (Lipinski definition) is 1. The molecular weight excluding hydrogens is 228 g/mol. The molecule has 1 aromatic heterocycles. The summed E-state index contributed by atoms with van der Waals surface area (Å²) in [5, 5.41) is 2.53. The van der Waals surface area contributed by atoms with Crippen LogP contribution in [0.5, 0.6) is 0 Å². The number of amides is 1. The van der Waals surface area contributed by atoms with Crippen LogP contribution in [0.1, 0.15) is 12.0 Å². The lowest BCUT2D eigenvalue weighted by molar-refractivity contribution is -0.115. The van der Waals surface area contributed by atoms with Crippen LogP contribution in [0, 0.1) is 6.92 Å². The van der Waals surface area contributed by atoms with Crippen molar-refractivity contribution < 1.29 is 13.2 Å². The van der Waals surface area contributed by atoms with Gasteiger partial charge in [0.05, 0.1) is 5.75 Å². The summed E-state index contributed by atoms with van der Waals surface area (Å²) in [6.45, 7) is 1.89. The van der Waals surface area contributed by atoms with Crippen LogP contribution in [0.4, 0.5) is 5.82 Å². The zero-order chi connectivity index (χ0) is 12.2. The molecule has 0 atom stereocenters. The van der Waals surface area contributed by atoms with Gasteiger partial charge >= 0.3 is 0 Å². The van der Waals surface area contributed by atoms with Gasteiger partial charge in [0.15, 0.2) is 0 Å². The summed E-state index contributed by atoms with van der Waals surface area (Å²) >= 11 is 0. The Labute approximate surface area is 94.8 Å². The van der Waals surface area contributed by atoms with Crippen molar-refractivity contribution in [2.75, 3.05) is 17.3 Å². The molecular formula is C10H14N2O3S. The highest BCUT2D eigenvalue weighted by atomic mass is 32.2. The van der Waals surface area contributed by atoms with Crippen molar-refractivity contribution in [2.45, 2.75) is 13.3 Å². The van der Waals surface area contributed by atoms with Crippen molar-refractivity contribution in [2.24, 2.45) is 0 Å². The van der Waals surface area contributed by atoms with E-state index >= 15 is 0 Å². The van der Waals surface area contributed by atoms with Crippen molar-refractivity contribution in [3.05, 3.63) is 23.9 Å². The number of carbonyl (C=O) groups excluding carboxylic acids is 1. The smallest absolute Gasteiger partial charge is 0.226 e. The summed E-state index contributed by atoms with van der Waals surface area (Å²) < 4.78 is 21.7. The maximum Gasteiger partial charge on any atom is 0.226 e. The molecule has 0 spiro atoms. The lowest BCUT2D eigenvalue weighted by Crippen LogP contribution is -2.17. The summed E-state index contributed by atoms with van der Waals surface area (Å²) in [4.78, 5) is 15.3. The predicted octanol–water partition coefficient (Wildman–Crippen LogP) is 0.763. The molecule has 1 N–H and O–H groups in total. The lowest BCUT2D eigenvalue weighted by Gasteiger charge is -2.03. The highest BCUT2D eigenvalue weighted by Crippen LogP contribution is 2.04. The molecule has 0 saturated heterocycles. The second-order valence-electron chi connectivity index (χ2n) is 3.65. The molecule has 0 bridgehead atoms. The van der Waals surface area contributed by atoms with E-state index in [2.05, 4.69) is 10.3 Å². The van der Waals surface area contributed by atoms with E-state index in [1.54, 1.807) is 12.3 Å². The third-order valence-electron chi connectivity index (χ3n) is 1.88. The van der Waals surface area contributed by atoms with Crippen LogP contribution < -0.4 is 5.32 Å². The zero-order valence-electron chi connectivity index (χ0n) is 9.23. The number of aryl methyl sites for hydroxylation is 1. The Morgan fingerprint density at radius 2 is 2.12 bits per heavy atom. The Kier molecular flexibility index (Phi) is 4.00. The van der Waals surface area contributed by atoms with Gasteiger partial charge in [0, 0.05) is 18.9 Å². The summed E-state index contributed by atoms with van der Waals surface area (Å²) in [7, 11) is -3.10. The van der Waals surface area contributed by atoms with Gasteiger partial charge in [-0.1, -0.05) is 6.07 Å². The summed E-state index contributed by atoms with van der Waals surface area (Å²) in [5.74, 6) is -0.0593. The third kappa shape index (κ3) is 4.88. The van der Waals surface area contributed by atoms with Gasteiger partial charge in [-0.2, -0.15) is 0 Å². The van der Waals surface area contributed by atoms with Crippen molar-refractivity contribution in [1.29, 1.82) is 0 Å². The molecule has 1 amide bonds. The minimum atomic E-state index is -3.10. The third-order valence-corrected chi connectivity index (χ3v) is 2.82. The summed E-state index contributed by atoms with van der Waals surface area (Å²) in [6.07, 6.45) is 2.69. The van der Waals surface area contributed by atoms with Crippen LogP contribution >= 0.6 is 0 Å². The van der Waals surface area contributed by atoms with Crippen LogP contribution in [0.25, 0.3) is 0 Å². The number of sulfone groups is 1. The zero-order valence-corrected chi connectivity index (χ0v) is 10.0. The molecule has 0 radical (unpaired) electrons. The predicted molar refractivity (Wildman–Crippen MR) is 61.9 cm³/mol. The first-order valence-electron chi connectivity index (χ1n) is 4.77. The number of nitrogens with zero attached hydrogens (tertiary/aromatic N) is 1. The molecule has 16 heavy (non-hydrogen) atoms. The number of nitrogens with one attached hydrogen (secondary N) is 1. The molecule has 0 aliphatic rings. The maximum absolute atomic E-state index is 11.3. The topological polar surface area (TPSA) is 76.1 Å². The monoisotopic (exact) mass is 242 g/mol. The van der Waals surface area contributed by atoms with E-state index < -0.39 is 9.84 Å². The highest BCUT2D eigenvalue weighted by Gasteiger charge is 2.08. The van der Waals surface area contributed by atoms with E-state index in [0.29, 0.717) is 5.82 Å². The second kappa shape index (κ2) is 5.07. The number of aromatic nitrogens is 1. The Morgan fingerprint density at radius 1 is 1.44 bits per heavy atom. The van der Waals surface area contributed by atoms with E-state index in [4.69, 9.17) is 0 Å². The van der Waals surface area contributed by atoms with Crippen LogP contribution in [-0.4, -0.2) is 31.3 Å². The fourth-order valence-corrected chi connectivity index (χ4v) is 1.58. The number of rotatable bonds is 4. The second-order valence-corrected chi connectivity index (χ2v) is 5.91.